The lowest BCUT2D eigenvalue weighted by molar-refractivity contribution is 0.581. The molecule has 104 valence electrons. The average molecular weight is 371 g/mol. The molecule has 20 heavy (non-hydrogen) atoms. The van der Waals surface area contributed by atoms with Gasteiger partial charge in [-0.1, -0.05) is 0 Å². The van der Waals surface area contributed by atoms with E-state index in [1.807, 2.05) is 17.5 Å². The lowest BCUT2D eigenvalue weighted by Crippen LogP contribution is -2.22. The fraction of sp³-hybridized carbons (Fsp3) is 0.154. The highest BCUT2D eigenvalue weighted by Gasteiger charge is 2.15. The van der Waals surface area contributed by atoms with E-state index in [-0.39, 0.29) is 11.4 Å². The summed E-state index contributed by atoms with van der Waals surface area (Å²) in [7, 11) is -3.56. The molecule has 0 saturated heterocycles. The number of nitrogens with one attached hydrogen (secondary N) is 1. The highest BCUT2D eigenvalue weighted by molar-refractivity contribution is 9.10. The van der Waals surface area contributed by atoms with Crippen molar-refractivity contribution >= 4 is 37.3 Å². The molecule has 0 radical (unpaired) electrons. The van der Waals surface area contributed by atoms with Gasteiger partial charge in [0.1, 0.15) is 0 Å². The Morgan fingerprint density at radius 3 is 2.70 bits per heavy atom. The zero-order valence-electron chi connectivity index (χ0n) is 10.6. The fourth-order valence-electron chi connectivity index (χ4n) is 1.62. The number of thiophene rings is 1. The summed E-state index contributed by atoms with van der Waals surface area (Å²) < 4.78 is 27.8. The van der Waals surface area contributed by atoms with E-state index in [9.17, 15) is 8.42 Å². The van der Waals surface area contributed by atoms with Gasteiger partial charge >= 0.3 is 0 Å². The summed E-state index contributed by atoms with van der Waals surface area (Å²) in [5.74, 6) is 0. The zero-order valence-corrected chi connectivity index (χ0v) is 13.8. The number of hydrogen-bond donors (Lipinski definition) is 1. The number of benzene rings is 1. The smallest absolute Gasteiger partial charge is 0.207 e. The first-order valence-corrected chi connectivity index (χ1v) is 8.81. The second kappa shape index (κ2) is 6.06. The van der Waals surface area contributed by atoms with E-state index in [1.54, 1.807) is 6.92 Å². The quantitative estimate of drug-likeness (QED) is 0.898. The third-order valence-electron chi connectivity index (χ3n) is 2.69. The van der Waals surface area contributed by atoms with Gasteiger partial charge in [-0.05, 0) is 52.7 Å². The predicted molar refractivity (Wildman–Crippen MR) is 81.9 cm³/mol. The third kappa shape index (κ3) is 3.46. The Kier molecular flexibility index (Phi) is 4.60. The summed E-state index contributed by atoms with van der Waals surface area (Å²) in [6.45, 7) is 1.96. The van der Waals surface area contributed by atoms with Crippen molar-refractivity contribution in [2.75, 3.05) is 0 Å². The number of hydrogen-bond acceptors (Lipinski definition) is 4. The van der Waals surface area contributed by atoms with Crippen LogP contribution in [0.3, 0.4) is 0 Å². The van der Waals surface area contributed by atoms with Crippen LogP contribution in [0.25, 0.3) is 0 Å². The van der Waals surface area contributed by atoms with Gasteiger partial charge in [0.15, 0.2) is 0 Å². The second-order valence-electron chi connectivity index (χ2n) is 4.14. The van der Waals surface area contributed by atoms with Crippen molar-refractivity contribution in [3.05, 3.63) is 50.1 Å². The summed E-state index contributed by atoms with van der Waals surface area (Å²) in [5, 5.41) is 10.7. The van der Waals surface area contributed by atoms with Gasteiger partial charge in [-0.2, -0.15) is 5.26 Å². The average Bonchev–Trinajstić information content (AvgIpc) is 2.82. The van der Waals surface area contributed by atoms with Crippen LogP contribution in [0.4, 0.5) is 0 Å². The number of halogens is 1. The molecule has 0 atom stereocenters. The van der Waals surface area contributed by atoms with Crippen LogP contribution >= 0.6 is 27.3 Å². The van der Waals surface area contributed by atoms with E-state index < -0.39 is 10.0 Å². The zero-order chi connectivity index (χ0) is 14.8. The molecule has 0 aliphatic carbocycles. The Labute approximate surface area is 130 Å². The molecule has 1 heterocycles. The van der Waals surface area contributed by atoms with Crippen molar-refractivity contribution in [3.63, 3.8) is 0 Å². The van der Waals surface area contributed by atoms with Crippen molar-refractivity contribution in [1.29, 1.82) is 5.26 Å². The predicted octanol–water partition coefficient (Wildman–Crippen LogP) is 3.17. The molecule has 7 heteroatoms. The number of nitriles is 1. The molecule has 1 aromatic carbocycles. The minimum Gasteiger partial charge on any atom is -0.207 e. The van der Waals surface area contributed by atoms with Gasteiger partial charge in [0.2, 0.25) is 10.0 Å². The molecule has 0 bridgehead atoms. The fourth-order valence-corrected chi connectivity index (χ4v) is 4.20. The third-order valence-corrected chi connectivity index (χ3v) is 5.78. The Morgan fingerprint density at radius 1 is 1.40 bits per heavy atom. The second-order valence-corrected chi connectivity index (χ2v) is 7.82. The summed E-state index contributed by atoms with van der Waals surface area (Å²) in [6.07, 6.45) is 0. The maximum Gasteiger partial charge on any atom is 0.240 e. The molecule has 0 saturated carbocycles. The standard InChI is InChI=1S/C13H11BrN2O2S2/c1-9-4-13(3-2-10(9)6-15)20(17,18)16-7-12-5-11(14)8-19-12/h2-5,8,16H,7H2,1H3. The van der Waals surface area contributed by atoms with Crippen molar-refractivity contribution in [3.8, 4) is 6.07 Å². The van der Waals surface area contributed by atoms with Crippen LogP contribution in [0, 0.1) is 18.3 Å². The number of aryl methyl sites for hydroxylation is 1. The topological polar surface area (TPSA) is 70.0 Å². The maximum absolute atomic E-state index is 12.2. The van der Waals surface area contributed by atoms with Crippen molar-refractivity contribution < 1.29 is 8.42 Å². The molecule has 0 aliphatic heterocycles. The summed E-state index contributed by atoms with van der Waals surface area (Å²) in [6, 6.07) is 8.36. The molecule has 4 nitrogen and oxygen atoms in total. The van der Waals surface area contributed by atoms with E-state index >= 15 is 0 Å². The number of rotatable bonds is 4. The van der Waals surface area contributed by atoms with Crippen molar-refractivity contribution in [2.24, 2.45) is 0 Å². The van der Waals surface area contributed by atoms with Crippen LogP contribution in [0.1, 0.15) is 16.0 Å². The van der Waals surface area contributed by atoms with Crippen LogP contribution in [-0.4, -0.2) is 8.42 Å². The Hall–Kier alpha value is -1.20. The molecule has 0 fully saturated rings. The van der Waals surface area contributed by atoms with Gasteiger partial charge in [0.25, 0.3) is 0 Å². The monoisotopic (exact) mass is 370 g/mol. The van der Waals surface area contributed by atoms with E-state index in [0.29, 0.717) is 11.1 Å². The van der Waals surface area contributed by atoms with Gasteiger partial charge in [0.05, 0.1) is 16.5 Å². The molecule has 2 aromatic rings. The van der Waals surface area contributed by atoms with Crippen molar-refractivity contribution in [1.82, 2.24) is 4.72 Å². The molecule has 0 aliphatic rings. The minimum atomic E-state index is -3.56. The first-order chi connectivity index (χ1) is 9.42. The first kappa shape index (κ1) is 15.2. The highest BCUT2D eigenvalue weighted by Crippen LogP contribution is 2.20. The summed E-state index contributed by atoms with van der Waals surface area (Å²) in [5.41, 5.74) is 1.13. The largest absolute Gasteiger partial charge is 0.240 e. The van der Waals surface area contributed by atoms with Gasteiger partial charge in [0, 0.05) is 21.3 Å². The van der Waals surface area contributed by atoms with E-state index in [2.05, 4.69) is 20.7 Å². The molecule has 1 aromatic heterocycles. The number of nitrogens with zero attached hydrogens (tertiary/aromatic N) is 1. The van der Waals surface area contributed by atoms with E-state index in [0.717, 1.165) is 9.35 Å². The lowest BCUT2D eigenvalue weighted by atomic mass is 10.1. The summed E-state index contributed by atoms with van der Waals surface area (Å²) >= 11 is 4.80. The highest BCUT2D eigenvalue weighted by atomic mass is 79.9. The van der Waals surface area contributed by atoms with Crippen LogP contribution in [0.2, 0.25) is 0 Å². The SMILES string of the molecule is Cc1cc(S(=O)(=O)NCc2cc(Br)cs2)ccc1C#N. The molecular weight excluding hydrogens is 360 g/mol. The van der Waals surface area contributed by atoms with Crippen LogP contribution < -0.4 is 4.72 Å². The van der Waals surface area contributed by atoms with E-state index in [4.69, 9.17) is 5.26 Å². The van der Waals surface area contributed by atoms with Gasteiger partial charge < -0.3 is 0 Å². The van der Waals surface area contributed by atoms with Gasteiger partial charge in [-0.25, -0.2) is 13.1 Å². The maximum atomic E-state index is 12.2. The van der Waals surface area contributed by atoms with Gasteiger partial charge in [-0.15, -0.1) is 11.3 Å². The molecule has 0 spiro atoms. The Bertz CT molecular complexity index is 776. The Morgan fingerprint density at radius 2 is 2.15 bits per heavy atom. The molecule has 2 rings (SSSR count). The number of sulfonamides is 1. The van der Waals surface area contributed by atoms with Crippen LogP contribution in [0.5, 0.6) is 0 Å². The van der Waals surface area contributed by atoms with E-state index in [1.165, 1.54) is 29.5 Å². The molecule has 0 unspecified atom stereocenters. The molecular formula is C13H11BrN2O2S2. The normalized spacial score (nSPS) is 11.2. The minimum absolute atomic E-state index is 0.171. The van der Waals surface area contributed by atoms with Crippen molar-refractivity contribution in [2.45, 2.75) is 18.4 Å². The van der Waals surface area contributed by atoms with Crippen LogP contribution in [0.15, 0.2) is 39.0 Å². The Balaban J connectivity index is 2.18. The van der Waals surface area contributed by atoms with Crippen LogP contribution in [-0.2, 0) is 16.6 Å². The lowest BCUT2D eigenvalue weighted by Gasteiger charge is -2.07. The summed E-state index contributed by atoms with van der Waals surface area (Å²) in [4.78, 5) is 1.09. The molecule has 1 N–H and O–H groups in total. The first-order valence-electron chi connectivity index (χ1n) is 5.66. The molecule has 0 amide bonds. The van der Waals surface area contributed by atoms with Gasteiger partial charge in [-0.3, -0.25) is 0 Å².